The van der Waals surface area contributed by atoms with E-state index in [0.29, 0.717) is 25.8 Å². The van der Waals surface area contributed by atoms with Gasteiger partial charge in [-0.3, -0.25) is 9.78 Å². The number of carbonyl (C=O) groups excluding carboxylic acids is 2. The van der Waals surface area contributed by atoms with Gasteiger partial charge in [0.2, 0.25) is 0 Å². The molecule has 1 saturated carbocycles. The minimum atomic E-state index is -2.56. The minimum absolute atomic E-state index is 0.104. The number of hydrogen-bond acceptors (Lipinski definition) is 5. The Balaban J connectivity index is 1.76. The van der Waals surface area contributed by atoms with E-state index in [0.717, 1.165) is 5.56 Å². The van der Waals surface area contributed by atoms with Crippen LogP contribution in [0.3, 0.4) is 0 Å². The summed E-state index contributed by atoms with van der Waals surface area (Å²) in [4.78, 5) is 27.7. The van der Waals surface area contributed by atoms with Crippen LogP contribution in [0.15, 0.2) is 28.9 Å². The minimum Gasteiger partial charge on any atom is -0.444 e. The van der Waals surface area contributed by atoms with Crippen molar-refractivity contribution < 1.29 is 18.5 Å². The summed E-state index contributed by atoms with van der Waals surface area (Å²) < 4.78 is 21.9. The highest BCUT2D eigenvalue weighted by atomic mass is 32.2. The molecule has 0 radical (unpaired) electrons. The topological polar surface area (TPSA) is 97.7 Å². The summed E-state index contributed by atoms with van der Waals surface area (Å²) in [5.74, 6) is -0.0833. The van der Waals surface area contributed by atoms with Crippen LogP contribution in [0.5, 0.6) is 0 Å². The summed E-state index contributed by atoms with van der Waals surface area (Å²) in [6.07, 6.45) is 6.65. The van der Waals surface area contributed by atoms with Gasteiger partial charge in [0.15, 0.2) is 0 Å². The molecule has 1 N–H and O–H groups in total. The molecular weight excluding hydrogens is 366 g/mol. The van der Waals surface area contributed by atoms with Gasteiger partial charge in [0.1, 0.15) is 5.60 Å². The predicted octanol–water partition coefficient (Wildman–Crippen LogP) is 2.94. The van der Waals surface area contributed by atoms with Crippen LogP contribution in [0.2, 0.25) is 0 Å². The third-order valence-electron chi connectivity index (χ3n) is 4.40. The number of aryl methyl sites for hydroxylation is 1. The molecule has 0 spiro atoms. The van der Waals surface area contributed by atoms with Crippen LogP contribution in [-0.4, -0.2) is 44.8 Å². The Labute approximate surface area is 161 Å². The smallest absolute Gasteiger partial charge is 0.407 e. The molecule has 1 aliphatic rings. The lowest BCUT2D eigenvalue weighted by molar-refractivity contribution is -0.117. The van der Waals surface area contributed by atoms with Crippen molar-refractivity contribution in [1.82, 2.24) is 10.3 Å². The highest BCUT2D eigenvalue weighted by Crippen LogP contribution is 2.33. The van der Waals surface area contributed by atoms with Crippen LogP contribution < -0.4 is 5.32 Å². The monoisotopic (exact) mass is 395 g/mol. The van der Waals surface area contributed by atoms with E-state index >= 15 is 0 Å². The standard InChI is InChI=1S/C19H29N3O4S/c1-19(2,3)26-18(24)21-13-15-11-16(12-15)27(4,25)22-17(23)6-5-14-7-9-20-10-8-14/h7-10,15-16H,5-6,11-13H2,1-4H3,(H,21,24). The number of rotatable bonds is 6. The van der Waals surface area contributed by atoms with E-state index in [1.165, 1.54) is 0 Å². The first-order valence-electron chi connectivity index (χ1n) is 9.15. The van der Waals surface area contributed by atoms with E-state index in [1.54, 1.807) is 18.6 Å². The Morgan fingerprint density at radius 1 is 1.30 bits per heavy atom. The number of hydrogen-bond donors (Lipinski definition) is 1. The van der Waals surface area contributed by atoms with Gasteiger partial charge >= 0.3 is 6.09 Å². The first-order chi connectivity index (χ1) is 12.5. The molecule has 0 bridgehead atoms. The molecule has 1 aromatic rings. The zero-order chi connectivity index (χ0) is 20.1. The first-order valence-corrected chi connectivity index (χ1v) is 11.1. The molecule has 1 aliphatic carbocycles. The van der Waals surface area contributed by atoms with Crippen molar-refractivity contribution in [1.29, 1.82) is 0 Å². The van der Waals surface area contributed by atoms with E-state index in [4.69, 9.17) is 4.74 Å². The van der Waals surface area contributed by atoms with Gasteiger partial charge in [0.05, 0.1) is 9.73 Å². The molecule has 0 aliphatic heterocycles. The van der Waals surface area contributed by atoms with Crippen LogP contribution in [-0.2, 0) is 25.7 Å². The van der Waals surface area contributed by atoms with E-state index in [1.807, 2.05) is 32.9 Å². The van der Waals surface area contributed by atoms with Gasteiger partial charge < -0.3 is 10.1 Å². The lowest BCUT2D eigenvalue weighted by atomic mass is 9.85. The maximum Gasteiger partial charge on any atom is 0.407 e. The number of ether oxygens (including phenoxy) is 1. The molecule has 1 unspecified atom stereocenters. The maximum absolute atomic E-state index is 12.8. The van der Waals surface area contributed by atoms with Gasteiger partial charge in [0, 0.05) is 36.9 Å². The number of nitrogens with one attached hydrogen (secondary N) is 1. The van der Waals surface area contributed by atoms with Crippen LogP contribution in [0.1, 0.15) is 45.6 Å². The fourth-order valence-corrected chi connectivity index (χ4v) is 4.77. The number of aromatic nitrogens is 1. The van der Waals surface area contributed by atoms with E-state index < -0.39 is 21.4 Å². The normalized spacial score (nSPS) is 21.5. The summed E-state index contributed by atoms with van der Waals surface area (Å²) >= 11 is 0. The summed E-state index contributed by atoms with van der Waals surface area (Å²) in [7, 11) is -2.56. The average Bonchev–Trinajstić information content (AvgIpc) is 2.50. The van der Waals surface area contributed by atoms with Gasteiger partial charge in [-0.05, 0) is 63.6 Å². The predicted molar refractivity (Wildman–Crippen MR) is 105 cm³/mol. The highest BCUT2D eigenvalue weighted by Gasteiger charge is 2.35. The van der Waals surface area contributed by atoms with Gasteiger partial charge in [0.25, 0.3) is 5.91 Å². The van der Waals surface area contributed by atoms with Crippen molar-refractivity contribution in [3.05, 3.63) is 30.1 Å². The Kier molecular flexibility index (Phi) is 6.97. The Morgan fingerprint density at radius 3 is 2.52 bits per heavy atom. The third-order valence-corrected chi connectivity index (χ3v) is 6.59. The zero-order valence-corrected chi connectivity index (χ0v) is 17.3. The summed E-state index contributed by atoms with van der Waals surface area (Å²) in [5.41, 5.74) is 0.479. The lowest BCUT2D eigenvalue weighted by Gasteiger charge is -2.35. The largest absolute Gasteiger partial charge is 0.444 e. The molecule has 0 aromatic carbocycles. The molecule has 1 heterocycles. The molecule has 1 aromatic heterocycles. The van der Waals surface area contributed by atoms with E-state index in [2.05, 4.69) is 14.7 Å². The second-order valence-electron chi connectivity index (χ2n) is 8.04. The summed E-state index contributed by atoms with van der Waals surface area (Å²) in [6, 6.07) is 3.70. The molecule has 2 amide bonds. The molecule has 1 fully saturated rings. The van der Waals surface area contributed by atoms with Crippen LogP contribution in [0.25, 0.3) is 0 Å². The Morgan fingerprint density at radius 2 is 1.93 bits per heavy atom. The van der Waals surface area contributed by atoms with Gasteiger partial charge in [-0.2, -0.15) is 4.36 Å². The highest BCUT2D eigenvalue weighted by molar-refractivity contribution is 7.93. The van der Waals surface area contributed by atoms with Crippen LogP contribution in [0, 0.1) is 5.92 Å². The Hall–Kier alpha value is -1.96. The fraction of sp³-hybridized carbons (Fsp3) is 0.632. The lowest BCUT2D eigenvalue weighted by Crippen LogP contribution is -2.43. The molecule has 7 nitrogen and oxygen atoms in total. The molecule has 1 atom stereocenters. The summed E-state index contributed by atoms with van der Waals surface area (Å²) in [6.45, 7) is 5.92. The first kappa shape index (κ1) is 21.3. The zero-order valence-electron chi connectivity index (χ0n) is 16.4. The van der Waals surface area contributed by atoms with E-state index in [-0.39, 0.29) is 23.5 Å². The quantitative estimate of drug-likeness (QED) is 0.798. The number of nitrogens with zero attached hydrogens (tertiary/aromatic N) is 2. The van der Waals surface area contributed by atoms with Crippen molar-refractivity contribution in [3.8, 4) is 0 Å². The van der Waals surface area contributed by atoms with Crippen molar-refractivity contribution in [2.24, 2.45) is 10.3 Å². The molecule has 2 rings (SSSR count). The number of pyridine rings is 1. The van der Waals surface area contributed by atoms with Crippen molar-refractivity contribution in [3.63, 3.8) is 0 Å². The van der Waals surface area contributed by atoms with Crippen molar-refractivity contribution in [2.75, 3.05) is 12.8 Å². The van der Waals surface area contributed by atoms with Crippen LogP contribution >= 0.6 is 0 Å². The fourth-order valence-electron chi connectivity index (χ4n) is 2.86. The van der Waals surface area contributed by atoms with Gasteiger partial charge in [-0.25, -0.2) is 9.00 Å². The maximum atomic E-state index is 12.8. The Bertz CT molecular complexity index is 774. The number of amides is 2. The molecular formula is C19H29N3O4S. The van der Waals surface area contributed by atoms with E-state index in [9.17, 15) is 13.8 Å². The molecule has 27 heavy (non-hydrogen) atoms. The molecule has 150 valence electrons. The van der Waals surface area contributed by atoms with Crippen molar-refractivity contribution in [2.45, 2.75) is 57.3 Å². The van der Waals surface area contributed by atoms with Crippen LogP contribution in [0.4, 0.5) is 4.79 Å². The van der Waals surface area contributed by atoms with Crippen molar-refractivity contribution >= 4 is 21.7 Å². The second-order valence-corrected chi connectivity index (χ2v) is 10.6. The average molecular weight is 396 g/mol. The van der Waals surface area contributed by atoms with Gasteiger partial charge in [-0.1, -0.05) is 0 Å². The number of alkyl carbamates (subject to hydrolysis) is 1. The summed E-state index contributed by atoms with van der Waals surface area (Å²) in [5, 5.41) is 2.63. The molecule has 8 heteroatoms. The molecule has 0 saturated heterocycles. The second kappa shape index (κ2) is 8.82. The number of carbonyl (C=O) groups is 2. The third kappa shape index (κ3) is 7.28. The van der Waals surface area contributed by atoms with Gasteiger partial charge in [-0.15, -0.1) is 0 Å². The SMILES string of the molecule is CC(C)(C)OC(=O)NCC1CC(S(C)(=O)=NC(=O)CCc2ccncc2)C1.